The summed E-state index contributed by atoms with van der Waals surface area (Å²) in [6, 6.07) is 0.255. The molecule has 0 fully saturated rings. The van der Waals surface area contributed by atoms with Crippen LogP contribution in [0.1, 0.15) is 32.0 Å². The van der Waals surface area contributed by atoms with Gasteiger partial charge in [-0.1, -0.05) is 19.0 Å². The van der Waals surface area contributed by atoms with Crippen LogP contribution in [-0.2, 0) is 13.0 Å². The monoisotopic (exact) mass is 237 g/mol. The highest BCUT2D eigenvalue weighted by atomic mass is 19.4. The number of aromatic nitrogens is 2. The van der Waals surface area contributed by atoms with Crippen molar-refractivity contribution in [1.29, 1.82) is 0 Å². The van der Waals surface area contributed by atoms with Crippen LogP contribution in [0.15, 0.2) is 4.52 Å². The standard InChI is InChI=1S/C9H14F3N3O/c1-6(2)13-5-8-14-7(15-16-8)3-4-9(10,11)12/h6,13H,3-5H2,1-2H3. The fourth-order valence-corrected chi connectivity index (χ4v) is 1.01. The summed E-state index contributed by atoms with van der Waals surface area (Å²) >= 11 is 0. The number of rotatable bonds is 5. The van der Waals surface area contributed by atoms with Gasteiger partial charge in [0.1, 0.15) is 0 Å². The largest absolute Gasteiger partial charge is 0.389 e. The number of nitrogens with zero attached hydrogens (tertiary/aromatic N) is 2. The highest BCUT2D eigenvalue weighted by molar-refractivity contribution is 4.87. The molecular formula is C9H14F3N3O. The molecule has 1 aromatic rings. The van der Waals surface area contributed by atoms with Crippen LogP contribution in [0, 0.1) is 0 Å². The van der Waals surface area contributed by atoms with Gasteiger partial charge in [0.25, 0.3) is 0 Å². The van der Waals surface area contributed by atoms with E-state index < -0.39 is 12.6 Å². The summed E-state index contributed by atoms with van der Waals surface area (Å²) in [5.74, 6) is 0.406. The van der Waals surface area contributed by atoms with Crippen LogP contribution in [0.4, 0.5) is 13.2 Å². The van der Waals surface area contributed by atoms with E-state index in [2.05, 4.69) is 15.5 Å². The molecule has 1 heterocycles. The van der Waals surface area contributed by atoms with Gasteiger partial charge in [0.15, 0.2) is 5.82 Å². The molecule has 1 rings (SSSR count). The Morgan fingerprint density at radius 3 is 2.62 bits per heavy atom. The predicted octanol–water partition coefficient (Wildman–Crippen LogP) is 2.06. The third-order valence-corrected chi connectivity index (χ3v) is 1.80. The van der Waals surface area contributed by atoms with Gasteiger partial charge in [-0.15, -0.1) is 0 Å². The first kappa shape index (κ1) is 13.0. The van der Waals surface area contributed by atoms with Crippen LogP contribution in [0.5, 0.6) is 0 Å². The molecule has 0 amide bonds. The number of aryl methyl sites for hydroxylation is 1. The molecule has 7 heteroatoms. The van der Waals surface area contributed by atoms with Crippen LogP contribution < -0.4 is 5.32 Å². The van der Waals surface area contributed by atoms with Crippen molar-refractivity contribution < 1.29 is 17.7 Å². The Kier molecular flexibility index (Phi) is 4.28. The van der Waals surface area contributed by atoms with E-state index in [1.165, 1.54) is 0 Å². The van der Waals surface area contributed by atoms with Crippen LogP contribution in [0.25, 0.3) is 0 Å². The summed E-state index contributed by atoms with van der Waals surface area (Å²) in [5, 5.41) is 6.50. The molecular weight excluding hydrogens is 223 g/mol. The van der Waals surface area contributed by atoms with Gasteiger partial charge in [0.05, 0.1) is 13.0 Å². The van der Waals surface area contributed by atoms with Crippen LogP contribution in [0.3, 0.4) is 0 Å². The highest BCUT2D eigenvalue weighted by Gasteiger charge is 2.27. The summed E-state index contributed by atoms with van der Waals surface area (Å²) < 4.78 is 40.5. The quantitative estimate of drug-likeness (QED) is 0.851. The number of hydrogen-bond acceptors (Lipinski definition) is 4. The van der Waals surface area contributed by atoms with E-state index in [1.807, 2.05) is 13.8 Å². The van der Waals surface area contributed by atoms with Gasteiger partial charge in [0.2, 0.25) is 5.89 Å². The summed E-state index contributed by atoms with van der Waals surface area (Å²) in [6.07, 6.45) is -5.35. The molecule has 0 atom stereocenters. The van der Waals surface area contributed by atoms with Gasteiger partial charge in [-0.3, -0.25) is 0 Å². The zero-order chi connectivity index (χ0) is 12.2. The molecule has 4 nitrogen and oxygen atoms in total. The maximum atomic E-state index is 11.9. The zero-order valence-electron chi connectivity index (χ0n) is 9.14. The van der Waals surface area contributed by atoms with Crippen LogP contribution in [0.2, 0.25) is 0 Å². The topological polar surface area (TPSA) is 51.0 Å². The first-order valence-electron chi connectivity index (χ1n) is 4.98. The molecule has 92 valence electrons. The zero-order valence-corrected chi connectivity index (χ0v) is 9.14. The lowest BCUT2D eigenvalue weighted by atomic mass is 10.3. The Morgan fingerprint density at radius 2 is 2.06 bits per heavy atom. The molecule has 0 bridgehead atoms. The van der Waals surface area contributed by atoms with E-state index in [1.54, 1.807) is 0 Å². The normalized spacial score (nSPS) is 12.4. The fraction of sp³-hybridized carbons (Fsp3) is 0.778. The van der Waals surface area contributed by atoms with E-state index in [9.17, 15) is 13.2 Å². The molecule has 1 aromatic heterocycles. The van der Waals surface area contributed by atoms with Gasteiger partial charge in [-0.05, 0) is 0 Å². The Bertz CT molecular complexity index is 322. The first-order valence-corrected chi connectivity index (χ1v) is 4.98. The molecule has 0 aliphatic heterocycles. The second-order valence-electron chi connectivity index (χ2n) is 3.76. The van der Waals surface area contributed by atoms with Crippen molar-refractivity contribution in [2.24, 2.45) is 0 Å². The van der Waals surface area contributed by atoms with E-state index in [0.717, 1.165) is 0 Å². The third kappa shape index (κ3) is 5.11. The Hall–Kier alpha value is -1.11. The minimum Gasteiger partial charge on any atom is -0.338 e. The van der Waals surface area contributed by atoms with Gasteiger partial charge in [0, 0.05) is 12.5 Å². The maximum absolute atomic E-state index is 11.9. The van der Waals surface area contributed by atoms with Crippen molar-refractivity contribution in [2.45, 2.75) is 45.5 Å². The average molecular weight is 237 g/mol. The molecule has 0 saturated carbocycles. The molecule has 16 heavy (non-hydrogen) atoms. The van der Waals surface area contributed by atoms with E-state index >= 15 is 0 Å². The molecule has 0 aliphatic rings. The van der Waals surface area contributed by atoms with E-state index in [0.29, 0.717) is 12.4 Å². The molecule has 1 N–H and O–H groups in total. The smallest absolute Gasteiger partial charge is 0.338 e. The van der Waals surface area contributed by atoms with E-state index in [4.69, 9.17) is 4.52 Å². The van der Waals surface area contributed by atoms with Crippen molar-refractivity contribution in [3.8, 4) is 0 Å². The second-order valence-corrected chi connectivity index (χ2v) is 3.76. The van der Waals surface area contributed by atoms with Gasteiger partial charge < -0.3 is 9.84 Å². The summed E-state index contributed by atoms with van der Waals surface area (Å²) in [4.78, 5) is 3.84. The molecule has 0 unspecified atom stereocenters. The van der Waals surface area contributed by atoms with Crippen molar-refractivity contribution >= 4 is 0 Å². The molecule has 0 saturated heterocycles. The predicted molar refractivity (Wildman–Crippen MR) is 50.6 cm³/mol. The lowest BCUT2D eigenvalue weighted by molar-refractivity contribution is -0.134. The number of alkyl halides is 3. The summed E-state index contributed by atoms with van der Waals surface area (Å²) in [5.41, 5.74) is 0. The summed E-state index contributed by atoms with van der Waals surface area (Å²) in [7, 11) is 0. The molecule has 0 aromatic carbocycles. The van der Waals surface area contributed by atoms with Gasteiger partial charge in [-0.25, -0.2) is 0 Å². The van der Waals surface area contributed by atoms with E-state index in [-0.39, 0.29) is 18.3 Å². The van der Waals surface area contributed by atoms with Crippen molar-refractivity contribution in [3.63, 3.8) is 0 Å². The van der Waals surface area contributed by atoms with Crippen molar-refractivity contribution in [3.05, 3.63) is 11.7 Å². The number of nitrogens with one attached hydrogen (secondary N) is 1. The second kappa shape index (κ2) is 5.29. The Labute approximate surface area is 91.2 Å². The summed E-state index contributed by atoms with van der Waals surface area (Å²) in [6.45, 7) is 4.26. The lowest BCUT2D eigenvalue weighted by Crippen LogP contribution is -2.21. The number of halogens is 3. The average Bonchev–Trinajstić information content (AvgIpc) is 2.58. The fourth-order valence-electron chi connectivity index (χ4n) is 1.01. The van der Waals surface area contributed by atoms with Gasteiger partial charge >= 0.3 is 6.18 Å². The van der Waals surface area contributed by atoms with Crippen molar-refractivity contribution in [1.82, 2.24) is 15.5 Å². The minimum atomic E-state index is -4.18. The van der Waals surface area contributed by atoms with Crippen molar-refractivity contribution in [2.75, 3.05) is 0 Å². The van der Waals surface area contributed by atoms with Gasteiger partial charge in [-0.2, -0.15) is 18.2 Å². The minimum absolute atomic E-state index is 0.0953. The van der Waals surface area contributed by atoms with Crippen LogP contribution >= 0.6 is 0 Å². The molecule has 0 spiro atoms. The Balaban J connectivity index is 2.39. The van der Waals surface area contributed by atoms with Crippen LogP contribution in [-0.4, -0.2) is 22.4 Å². The maximum Gasteiger partial charge on any atom is 0.389 e. The third-order valence-electron chi connectivity index (χ3n) is 1.80. The number of hydrogen-bond donors (Lipinski definition) is 1. The first-order chi connectivity index (χ1) is 7.37. The highest BCUT2D eigenvalue weighted by Crippen LogP contribution is 2.21. The lowest BCUT2D eigenvalue weighted by Gasteiger charge is -2.03. The molecule has 0 aliphatic carbocycles. The molecule has 0 radical (unpaired) electrons. The SMILES string of the molecule is CC(C)NCc1nc(CCC(F)(F)F)no1. The Morgan fingerprint density at radius 1 is 1.38 bits per heavy atom.